The van der Waals surface area contributed by atoms with Crippen LogP contribution < -0.4 is 15.0 Å². The molecule has 0 aliphatic rings. The smallest absolute Gasteiger partial charge is 0.226 e. The second-order valence-electron chi connectivity index (χ2n) is 5.97. The fourth-order valence-corrected chi connectivity index (χ4v) is 2.50. The zero-order valence-corrected chi connectivity index (χ0v) is 15.1. The number of ether oxygens (including phenoxy) is 1. The zero-order chi connectivity index (χ0) is 18.4. The summed E-state index contributed by atoms with van der Waals surface area (Å²) in [6, 6.07) is 13.0. The van der Waals surface area contributed by atoms with Crippen LogP contribution in [0.25, 0.3) is 0 Å². The van der Waals surface area contributed by atoms with Gasteiger partial charge in [-0.3, -0.25) is 9.59 Å². The number of carbonyl (C=O) groups excluding carboxylic acids is 2. The molecule has 5 heteroatoms. The number of nitrogens with zero attached hydrogens (tertiary/aromatic N) is 1. The van der Waals surface area contributed by atoms with Crippen molar-refractivity contribution in [3.05, 3.63) is 53.6 Å². The maximum atomic E-state index is 12.2. The minimum absolute atomic E-state index is 0.118. The molecule has 0 aliphatic heterocycles. The Balaban J connectivity index is 2.01. The van der Waals surface area contributed by atoms with Gasteiger partial charge in [-0.15, -0.1) is 0 Å². The normalized spacial score (nSPS) is 10.2. The van der Waals surface area contributed by atoms with Crippen LogP contribution in [0.15, 0.2) is 42.5 Å². The molecule has 0 saturated heterocycles. The van der Waals surface area contributed by atoms with E-state index in [1.165, 1.54) is 12.5 Å². The van der Waals surface area contributed by atoms with Crippen molar-refractivity contribution in [3.63, 3.8) is 0 Å². The molecule has 2 rings (SSSR count). The Kier molecular flexibility index (Phi) is 6.17. The second kappa shape index (κ2) is 8.33. The van der Waals surface area contributed by atoms with Crippen LogP contribution >= 0.6 is 0 Å². The lowest BCUT2D eigenvalue weighted by Gasteiger charge is -2.21. The van der Waals surface area contributed by atoms with Crippen LogP contribution in [0.2, 0.25) is 0 Å². The van der Waals surface area contributed by atoms with Crippen molar-refractivity contribution in [2.24, 2.45) is 0 Å². The van der Waals surface area contributed by atoms with Gasteiger partial charge < -0.3 is 15.0 Å². The van der Waals surface area contributed by atoms with Gasteiger partial charge in [-0.2, -0.15) is 0 Å². The molecule has 0 spiro atoms. The highest BCUT2D eigenvalue weighted by Crippen LogP contribution is 2.21. The summed E-state index contributed by atoms with van der Waals surface area (Å²) in [6.45, 7) is 5.82. The SMILES string of the molecule is COc1cccc(N(CCC(=O)Nc2ccc(C)c(C)c2)C(C)=O)c1. The van der Waals surface area contributed by atoms with Crippen LogP contribution in [0.3, 0.4) is 0 Å². The average molecular weight is 340 g/mol. The van der Waals surface area contributed by atoms with Crippen molar-refractivity contribution in [1.29, 1.82) is 0 Å². The molecule has 0 saturated carbocycles. The van der Waals surface area contributed by atoms with Gasteiger partial charge in [0.05, 0.1) is 7.11 Å². The van der Waals surface area contributed by atoms with E-state index in [0.717, 1.165) is 11.3 Å². The number of anilines is 2. The van der Waals surface area contributed by atoms with Crippen LogP contribution in [0.5, 0.6) is 5.75 Å². The van der Waals surface area contributed by atoms with Crippen molar-refractivity contribution in [3.8, 4) is 5.75 Å². The summed E-state index contributed by atoms with van der Waals surface area (Å²) in [5, 5.41) is 2.88. The van der Waals surface area contributed by atoms with E-state index >= 15 is 0 Å². The Bertz CT molecular complexity index is 771. The third kappa shape index (κ3) is 5.08. The molecule has 25 heavy (non-hydrogen) atoms. The molecular weight excluding hydrogens is 316 g/mol. The van der Waals surface area contributed by atoms with Gasteiger partial charge >= 0.3 is 0 Å². The molecule has 0 radical (unpaired) electrons. The Morgan fingerprint density at radius 3 is 2.48 bits per heavy atom. The first-order chi connectivity index (χ1) is 11.9. The van der Waals surface area contributed by atoms with Crippen LogP contribution in [-0.4, -0.2) is 25.5 Å². The topological polar surface area (TPSA) is 58.6 Å². The minimum Gasteiger partial charge on any atom is -0.497 e. The minimum atomic E-state index is -0.127. The van der Waals surface area contributed by atoms with Gasteiger partial charge in [-0.1, -0.05) is 12.1 Å². The Morgan fingerprint density at radius 1 is 1.08 bits per heavy atom. The van der Waals surface area contributed by atoms with E-state index < -0.39 is 0 Å². The number of benzene rings is 2. The molecule has 2 amide bonds. The van der Waals surface area contributed by atoms with E-state index in [2.05, 4.69) is 5.32 Å². The summed E-state index contributed by atoms with van der Waals surface area (Å²) in [5.41, 5.74) is 3.79. The second-order valence-corrected chi connectivity index (χ2v) is 5.97. The van der Waals surface area contributed by atoms with Crippen LogP contribution in [0, 0.1) is 13.8 Å². The van der Waals surface area contributed by atoms with Gasteiger partial charge in [-0.05, 0) is 49.2 Å². The van der Waals surface area contributed by atoms with Crippen molar-refractivity contribution < 1.29 is 14.3 Å². The highest BCUT2D eigenvalue weighted by atomic mass is 16.5. The zero-order valence-electron chi connectivity index (χ0n) is 15.1. The number of hydrogen-bond donors (Lipinski definition) is 1. The number of rotatable bonds is 6. The van der Waals surface area contributed by atoms with E-state index in [-0.39, 0.29) is 18.2 Å². The summed E-state index contributed by atoms with van der Waals surface area (Å²) in [5.74, 6) is 0.424. The fraction of sp³-hybridized carbons (Fsp3) is 0.300. The third-order valence-corrected chi connectivity index (χ3v) is 4.10. The summed E-state index contributed by atoms with van der Waals surface area (Å²) >= 11 is 0. The third-order valence-electron chi connectivity index (χ3n) is 4.10. The number of aryl methyl sites for hydroxylation is 2. The van der Waals surface area contributed by atoms with Crippen molar-refractivity contribution >= 4 is 23.2 Å². The lowest BCUT2D eigenvalue weighted by atomic mass is 10.1. The van der Waals surface area contributed by atoms with Gasteiger partial charge in [0.2, 0.25) is 11.8 Å². The van der Waals surface area contributed by atoms with E-state index in [9.17, 15) is 9.59 Å². The molecule has 132 valence electrons. The number of amides is 2. The first-order valence-corrected chi connectivity index (χ1v) is 8.20. The molecule has 0 heterocycles. The molecular formula is C20H24N2O3. The fourth-order valence-electron chi connectivity index (χ4n) is 2.50. The number of hydrogen-bond acceptors (Lipinski definition) is 3. The van der Waals surface area contributed by atoms with E-state index in [1.54, 1.807) is 18.1 Å². The van der Waals surface area contributed by atoms with E-state index in [1.807, 2.05) is 50.2 Å². The Morgan fingerprint density at radius 2 is 1.84 bits per heavy atom. The summed E-state index contributed by atoms with van der Waals surface area (Å²) in [7, 11) is 1.58. The lowest BCUT2D eigenvalue weighted by Crippen LogP contribution is -2.31. The number of nitrogens with one attached hydrogen (secondary N) is 1. The molecule has 0 bridgehead atoms. The molecule has 5 nitrogen and oxygen atoms in total. The van der Waals surface area contributed by atoms with E-state index in [4.69, 9.17) is 4.74 Å². The van der Waals surface area contributed by atoms with Gasteiger partial charge in [-0.25, -0.2) is 0 Å². The molecule has 0 fully saturated rings. The predicted octanol–water partition coefficient (Wildman–Crippen LogP) is 3.69. The Labute approximate surface area is 148 Å². The van der Waals surface area contributed by atoms with Crippen molar-refractivity contribution in [2.45, 2.75) is 27.2 Å². The molecule has 1 N–H and O–H groups in total. The average Bonchev–Trinajstić information content (AvgIpc) is 2.58. The van der Waals surface area contributed by atoms with Crippen LogP contribution in [0.1, 0.15) is 24.5 Å². The largest absolute Gasteiger partial charge is 0.497 e. The molecule has 2 aromatic carbocycles. The van der Waals surface area contributed by atoms with Gasteiger partial charge in [0.25, 0.3) is 0 Å². The standard InChI is InChI=1S/C20H24N2O3/c1-14-8-9-17(12-15(14)2)21-20(24)10-11-22(16(3)23)18-6-5-7-19(13-18)25-4/h5-9,12-13H,10-11H2,1-4H3,(H,21,24). The first kappa shape index (κ1) is 18.5. The summed E-state index contributed by atoms with van der Waals surface area (Å²) in [6.07, 6.45) is 0.212. The lowest BCUT2D eigenvalue weighted by molar-refractivity contribution is -0.117. The first-order valence-electron chi connectivity index (χ1n) is 8.20. The van der Waals surface area contributed by atoms with Gasteiger partial charge in [0, 0.05) is 37.3 Å². The van der Waals surface area contributed by atoms with Crippen LogP contribution in [-0.2, 0) is 9.59 Å². The number of carbonyl (C=O) groups is 2. The summed E-state index contributed by atoms with van der Waals surface area (Å²) < 4.78 is 5.19. The molecule has 0 atom stereocenters. The quantitative estimate of drug-likeness (QED) is 0.872. The molecule has 0 aromatic heterocycles. The van der Waals surface area contributed by atoms with Gasteiger partial charge in [0.15, 0.2) is 0 Å². The van der Waals surface area contributed by atoms with Crippen molar-refractivity contribution in [2.75, 3.05) is 23.9 Å². The van der Waals surface area contributed by atoms with E-state index in [0.29, 0.717) is 18.0 Å². The van der Waals surface area contributed by atoms with Gasteiger partial charge in [0.1, 0.15) is 5.75 Å². The Hall–Kier alpha value is -2.82. The monoisotopic (exact) mass is 340 g/mol. The summed E-state index contributed by atoms with van der Waals surface area (Å²) in [4.78, 5) is 25.7. The maximum Gasteiger partial charge on any atom is 0.226 e. The highest BCUT2D eigenvalue weighted by molar-refractivity contribution is 5.95. The molecule has 2 aromatic rings. The van der Waals surface area contributed by atoms with Crippen molar-refractivity contribution in [1.82, 2.24) is 0 Å². The van der Waals surface area contributed by atoms with Crippen LogP contribution in [0.4, 0.5) is 11.4 Å². The molecule has 0 unspecified atom stereocenters. The highest BCUT2D eigenvalue weighted by Gasteiger charge is 2.14. The predicted molar refractivity (Wildman–Crippen MR) is 100 cm³/mol. The maximum absolute atomic E-state index is 12.2. The molecule has 0 aliphatic carbocycles. The number of methoxy groups -OCH3 is 1.